The smallest absolute Gasteiger partial charge is 0.0948 e. The molecule has 2 aromatic rings. The van der Waals surface area contributed by atoms with Crippen LogP contribution in [0.1, 0.15) is 33.9 Å². The third kappa shape index (κ3) is 3.57. The largest absolute Gasteiger partial charge is 0.395 e. The van der Waals surface area contributed by atoms with Gasteiger partial charge in [0.05, 0.1) is 17.3 Å². The molecular weight excluding hydrogens is 292 g/mol. The Morgan fingerprint density at radius 3 is 2.82 bits per heavy atom. The number of hydrogen-bond donors (Lipinski definition) is 2. The summed E-state index contributed by atoms with van der Waals surface area (Å²) in [5.41, 5.74) is 5.46. The lowest BCUT2D eigenvalue weighted by Crippen LogP contribution is -2.20. The molecule has 1 aliphatic rings. The molecule has 0 spiro atoms. The van der Waals surface area contributed by atoms with Gasteiger partial charge in [0.2, 0.25) is 0 Å². The van der Waals surface area contributed by atoms with Gasteiger partial charge in [-0.15, -0.1) is 11.3 Å². The molecule has 3 rings (SSSR count). The van der Waals surface area contributed by atoms with E-state index < -0.39 is 0 Å². The minimum Gasteiger partial charge on any atom is -0.395 e. The van der Waals surface area contributed by atoms with Gasteiger partial charge in [-0.3, -0.25) is 0 Å². The molecule has 0 fully saturated rings. The molecule has 0 aliphatic heterocycles. The molecule has 0 atom stereocenters. The second-order valence-corrected chi connectivity index (χ2v) is 7.21. The first-order chi connectivity index (χ1) is 10.8. The first kappa shape index (κ1) is 15.7. The zero-order valence-electron chi connectivity index (χ0n) is 13.2. The van der Waals surface area contributed by atoms with Gasteiger partial charge in [0.1, 0.15) is 0 Å². The first-order valence-corrected chi connectivity index (χ1v) is 8.99. The minimum absolute atomic E-state index is 0.192. The Labute approximate surface area is 136 Å². The Bertz CT molecular complexity index is 636. The summed E-state index contributed by atoms with van der Waals surface area (Å²) in [5.74, 6) is 0. The van der Waals surface area contributed by atoms with E-state index in [1.54, 1.807) is 11.3 Å². The first-order valence-electron chi connectivity index (χ1n) is 8.18. The highest BCUT2D eigenvalue weighted by Crippen LogP contribution is 2.31. The summed E-state index contributed by atoms with van der Waals surface area (Å²) in [5, 5.41) is 13.2. The van der Waals surface area contributed by atoms with Crippen molar-refractivity contribution in [2.24, 2.45) is 0 Å². The monoisotopic (exact) mass is 316 g/mol. The number of nitrogens with zero attached hydrogens (tertiary/aromatic N) is 1. The van der Waals surface area contributed by atoms with Crippen LogP contribution in [0.4, 0.5) is 0 Å². The predicted molar refractivity (Wildman–Crippen MR) is 92.6 cm³/mol. The lowest BCUT2D eigenvalue weighted by Gasteiger charge is -2.16. The molecular formula is C18H24N2OS. The van der Waals surface area contributed by atoms with E-state index in [4.69, 9.17) is 10.1 Å². The van der Waals surface area contributed by atoms with Crippen LogP contribution >= 0.6 is 11.3 Å². The van der Waals surface area contributed by atoms with Crippen LogP contribution in [0.15, 0.2) is 18.2 Å². The maximum Gasteiger partial charge on any atom is 0.0948 e. The van der Waals surface area contributed by atoms with Gasteiger partial charge in [0, 0.05) is 30.0 Å². The van der Waals surface area contributed by atoms with Crippen LogP contribution in [0.5, 0.6) is 0 Å². The zero-order valence-corrected chi connectivity index (χ0v) is 14.0. The number of fused-ring (bicyclic) bond motifs is 1. The van der Waals surface area contributed by atoms with E-state index in [0.29, 0.717) is 6.54 Å². The summed E-state index contributed by atoms with van der Waals surface area (Å²) >= 11 is 1.79. The van der Waals surface area contributed by atoms with E-state index in [-0.39, 0.29) is 6.61 Å². The fraction of sp³-hybridized carbons (Fsp3) is 0.500. The molecule has 4 heteroatoms. The number of rotatable bonds is 6. The summed E-state index contributed by atoms with van der Waals surface area (Å²) in [4.78, 5) is 6.14. The van der Waals surface area contributed by atoms with Crippen molar-refractivity contribution in [3.63, 3.8) is 0 Å². The fourth-order valence-corrected chi connectivity index (χ4v) is 4.06. The van der Waals surface area contributed by atoms with Crippen molar-refractivity contribution < 1.29 is 5.11 Å². The number of aryl methyl sites for hydroxylation is 3. The molecule has 0 saturated carbocycles. The topological polar surface area (TPSA) is 45.1 Å². The number of aromatic nitrogens is 1. The van der Waals surface area contributed by atoms with Crippen molar-refractivity contribution in [3.8, 4) is 11.3 Å². The highest BCUT2D eigenvalue weighted by Gasteiger charge is 2.14. The molecule has 0 bridgehead atoms. The predicted octanol–water partition coefficient (Wildman–Crippen LogP) is 3.12. The van der Waals surface area contributed by atoms with Crippen LogP contribution in [-0.2, 0) is 19.3 Å². The van der Waals surface area contributed by atoms with Crippen LogP contribution in [-0.4, -0.2) is 29.8 Å². The quantitative estimate of drug-likeness (QED) is 0.805. The summed E-state index contributed by atoms with van der Waals surface area (Å²) in [6.45, 7) is 3.88. The van der Waals surface area contributed by atoms with Crippen molar-refractivity contribution in [2.45, 2.75) is 39.0 Å². The average Bonchev–Trinajstić information content (AvgIpc) is 2.92. The van der Waals surface area contributed by atoms with E-state index in [1.165, 1.54) is 52.3 Å². The van der Waals surface area contributed by atoms with Crippen molar-refractivity contribution in [3.05, 3.63) is 39.2 Å². The molecule has 1 aromatic heterocycles. The lowest BCUT2D eigenvalue weighted by atomic mass is 9.90. The SMILES string of the molecule is Cc1sc(CCNCCO)nc1-c1ccc2c(c1)CCCC2. The zero-order chi connectivity index (χ0) is 15.4. The number of benzene rings is 1. The Morgan fingerprint density at radius 1 is 1.18 bits per heavy atom. The molecule has 1 heterocycles. The third-order valence-corrected chi connectivity index (χ3v) is 5.30. The second kappa shape index (κ2) is 7.36. The summed E-state index contributed by atoms with van der Waals surface area (Å²) in [6, 6.07) is 6.88. The van der Waals surface area contributed by atoms with Crippen LogP contribution in [0.3, 0.4) is 0 Å². The molecule has 1 aromatic carbocycles. The van der Waals surface area contributed by atoms with Gasteiger partial charge in [-0.25, -0.2) is 4.98 Å². The van der Waals surface area contributed by atoms with E-state index >= 15 is 0 Å². The molecule has 0 saturated heterocycles. The Kier molecular flexibility index (Phi) is 5.24. The highest BCUT2D eigenvalue weighted by molar-refractivity contribution is 7.12. The van der Waals surface area contributed by atoms with Crippen LogP contribution < -0.4 is 5.32 Å². The van der Waals surface area contributed by atoms with Crippen molar-refractivity contribution in [1.82, 2.24) is 10.3 Å². The fourth-order valence-electron chi connectivity index (χ4n) is 3.11. The van der Waals surface area contributed by atoms with Gasteiger partial charge in [-0.1, -0.05) is 12.1 Å². The Morgan fingerprint density at radius 2 is 2.00 bits per heavy atom. The Hall–Kier alpha value is -1.23. The lowest BCUT2D eigenvalue weighted by molar-refractivity contribution is 0.293. The van der Waals surface area contributed by atoms with Gasteiger partial charge < -0.3 is 10.4 Å². The maximum absolute atomic E-state index is 8.78. The number of hydrogen-bond acceptors (Lipinski definition) is 4. The highest BCUT2D eigenvalue weighted by atomic mass is 32.1. The second-order valence-electron chi connectivity index (χ2n) is 5.93. The third-order valence-electron chi connectivity index (χ3n) is 4.27. The standard InChI is InChI=1S/C18H24N2OS/c1-13-18(20-17(22-13)8-9-19-10-11-21)16-7-6-14-4-2-3-5-15(14)12-16/h6-7,12,19,21H,2-5,8-11H2,1H3. The minimum atomic E-state index is 0.192. The van der Waals surface area contributed by atoms with Gasteiger partial charge in [0.15, 0.2) is 0 Å². The number of aliphatic hydroxyl groups is 1. The number of nitrogens with one attached hydrogen (secondary N) is 1. The summed E-state index contributed by atoms with van der Waals surface area (Å²) < 4.78 is 0. The van der Waals surface area contributed by atoms with Gasteiger partial charge in [0.25, 0.3) is 0 Å². The van der Waals surface area contributed by atoms with Crippen LogP contribution in [0, 0.1) is 6.92 Å². The molecule has 2 N–H and O–H groups in total. The van der Waals surface area contributed by atoms with Gasteiger partial charge in [-0.05, 0) is 49.8 Å². The average molecular weight is 316 g/mol. The van der Waals surface area contributed by atoms with E-state index in [2.05, 4.69) is 30.4 Å². The molecule has 0 amide bonds. The Balaban J connectivity index is 1.75. The van der Waals surface area contributed by atoms with Gasteiger partial charge >= 0.3 is 0 Å². The number of thiazole rings is 1. The molecule has 0 unspecified atom stereocenters. The molecule has 1 aliphatic carbocycles. The molecule has 0 radical (unpaired) electrons. The molecule has 118 valence electrons. The van der Waals surface area contributed by atoms with Crippen LogP contribution in [0.2, 0.25) is 0 Å². The van der Waals surface area contributed by atoms with E-state index in [9.17, 15) is 0 Å². The summed E-state index contributed by atoms with van der Waals surface area (Å²) in [7, 11) is 0. The van der Waals surface area contributed by atoms with Gasteiger partial charge in [-0.2, -0.15) is 0 Å². The van der Waals surface area contributed by atoms with Crippen molar-refractivity contribution >= 4 is 11.3 Å². The van der Waals surface area contributed by atoms with Crippen molar-refractivity contribution in [2.75, 3.05) is 19.7 Å². The van der Waals surface area contributed by atoms with E-state index in [0.717, 1.165) is 18.7 Å². The normalized spacial score (nSPS) is 14.1. The maximum atomic E-state index is 8.78. The molecule has 22 heavy (non-hydrogen) atoms. The number of aliphatic hydroxyl groups excluding tert-OH is 1. The van der Waals surface area contributed by atoms with E-state index in [1.807, 2.05) is 0 Å². The van der Waals surface area contributed by atoms with Crippen LogP contribution in [0.25, 0.3) is 11.3 Å². The molecule has 3 nitrogen and oxygen atoms in total. The summed E-state index contributed by atoms with van der Waals surface area (Å²) in [6.07, 6.45) is 6.01. The van der Waals surface area contributed by atoms with Crippen molar-refractivity contribution in [1.29, 1.82) is 0 Å².